The van der Waals surface area contributed by atoms with E-state index < -0.39 is 0 Å². The molecule has 0 saturated carbocycles. The SMILES string of the molecule is O=C(CC1CC2(CCN(CC3CCOCC3)CC2)c2ccccc21)N1CCOCC1. The van der Waals surface area contributed by atoms with E-state index in [0.29, 0.717) is 31.5 Å². The third kappa shape index (κ3) is 4.17. The molecule has 3 fully saturated rings. The van der Waals surface area contributed by atoms with E-state index in [0.717, 1.165) is 38.6 Å². The predicted octanol–water partition coefficient (Wildman–Crippen LogP) is 3.18. The maximum atomic E-state index is 13.0. The van der Waals surface area contributed by atoms with Crippen molar-refractivity contribution >= 4 is 5.91 Å². The topological polar surface area (TPSA) is 42.0 Å². The van der Waals surface area contributed by atoms with Gasteiger partial charge in [-0.1, -0.05) is 24.3 Å². The molecular weight excluding hydrogens is 376 g/mol. The van der Waals surface area contributed by atoms with Crippen molar-refractivity contribution in [2.45, 2.75) is 49.9 Å². The van der Waals surface area contributed by atoms with Gasteiger partial charge < -0.3 is 19.3 Å². The highest BCUT2D eigenvalue weighted by Crippen LogP contribution is 2.52. The Morgan fingerprint density at radius 3 is 2.43 bits per heavy atom. The average molecular weight is 413 g/mol. The molecule has 1 unspecified atom stereocenters. The van der Waals surface area contributed by atoms with Crippen molar-refractivity contribution < 1.29 is 14.3 Å². The van der Waals surface area contributed by atoms with E-state index in [4.69, 9.17) is 9.47 Å². The molecule has 3 saturated heterocycles. The van der Waals surface area contributed by atoms with E-state index >= 15 is 0 Å². The Bertz CT molecular complexity index is 732. The van der Waals surface area contributed by atoms with Crippen LogP contribution in [0.25, 0.3) is 0 Å². The summed E-state index contributed by atoms with van der Waals surface area (Å²) in [6, 6.07) is 8.99. The van der Waals surface area contributed by atoms with Crippen molar-refractivity contribution in [1.29, 1.82) is 0 Å². The van der Waals surface area contributed by atoms with Crippen molar-refractivity contribution in [3.05, 3.63) is 35.4 Å². The zero-order valence-corrected chi connectivity index (χ0v) is 18.2. The van der Waals surface area contributed by atoms with E-state index in [1.165, 1.54) is 56.4 Å². The summed E-state index contributed by atoms with van der Waals surface area (Å²) in [7, 11) is 0. The lowest BCUT2D eigenvalue weighted by Gasteiger charge is -2.42. The summed E-state index contributed by atoms with van der Waals surface area (Å²) in [6.45, 7) is 8.35. The Labute approximate surface area is 180 Å². The first-order valence-corrected chi connectivity index (χ1v) is 12.0. The largest absolute Gasteiger partial charge is 0.381 e. The van der Waals surface area contributed by atoms with Crippen molar-refractivity contribution in [2.75, 3.05) is 59.2 Å². The number of amides is 1. The number of ether oxygens (including phenoxy) is 2. The van der Waals surface area contributed by atoms with Crippen LogP contribution in [-0.2, 0) is 19.7 Å². The smallest absolute Gasteiger partial charge is 0.223 e. The maximum Gasteiger partial charge on any atom is 0.223 e. The van der Waals surface area contributed by atoms with Gasteiger partial charge in [0.1, 0.15) is 0 Å². The first-order chi connectivity index (χ1) is 14.7. The van der Waals surface area contributed by atoms with Gasteiger partial charge in [0.15, 0.2) is 0 Å². The highest BCUT2D eigenvalue weighted by molar-refractivity contribution is 5.77. The summed E-state index contributed by atoms with van der Waals surface area (Å²) in [5.74, 6) is 1.49. The third-order valence-corrected chi connectivity index (χ3v) is 8.06. The molecule has 3 heterocycles. The van der Waals surface area contributed by atoms with Gasteiger partial charge in [0, 0.05) is 39.3 Å². The van der Waals surface area contributed by atoms with Crippen molar-refractivity contribution in [3.63, 3.8) is 0 Å². The molecule has 5 nitrogen and oxygen atoms in total. The number of likely N-dealkylation sites (tertiary alicyclic amines) is 1. The number of carbonyl (C=O) groups is 1. The molecule has 30 heavy (non-hydrogen) atoms. The fourth-order valence-electron chi connectivity index (χ4n) is 6.29. The van der Waals surface area contributed by atoms with Gasteiger partial charge in [-0.25, -0.2) is 0 Å². The molecule has 1 aromatic carbocycles. The summed E-state index contributed by atoms with van der Waals surface area (Å²) < 4.78 is 11.0. The van der Waals surface area contributed by atoms with Gasteiger partial charge in [-0.2, -0.15) is 0 Å². The van der Waals surface area contributed by atoms with Crippen molar-refractivity contribution in [2.24, 2.45) is 5.92 Å². The average Bonchev–Trinajstić information content (AvgIpc) is 3.10. The highest BCUT2D eigenvalue weighted by atomic mass is 16.5. The van der Waals surface area contributed by atoms with Gasteiger partial charge in [0.25, 0.3) is 0 Å². The van der Waals surface area contributed by atoms with Crippen LogP contribution >= 0.6 is 0 Å². The number of carbonyl (C=O) groups excluding carboxylic acids is 1. The number of rotatable bonds is 4. The van der Waals surface area contributed by atoms with Crippen LogP contribution < -0.4 is 0 Å². The fraction of sp³-hybridized carbons (Fsp3) is 0.720. The van der Waals surface area contributed by atoms with E-state index in [1.54, 1.807) is 0 Å². The minimum absolute atomic E-state index is 0.277. The van der Waals surface area contributed by atoms with E-state index in [1.807, 2.05) is 4.90 Å². The van der Waals surface area contributed by atoms with Gasteiger partial charge in [0.2, 0.25) is 5.91 Å². The molecule has 0 bridgehead atoms. The lowest BCUT2D eigenvalue weighted by Crippen LogP contribution is -2.44. The molecule has 1 atom stereocenters. The number of piperidine rings is 1. The summed E-state index contributed by atoms with van der Waals surface area (Å²) in [6.07, 6.45) is 6.70. The van der Waals surface area contributed by atoms with Crippen LogP contribution in [0.4, 0.5) is 0 Å². The van der Waals surface area contributed by atoms with Crippen LogP contribution in [0.15, 0.2) is 24.3 Å². The Kier molecular flexibility index (Phi) is 6.12. The Morgan fingerprint density at radius 2 is 1.67 bits per heavy atom. The molecule has 1 aromatic rings. The molecule has 0 aromatic heterocycles. The van der Waals surface area contributed by atoms with E-state index in [-0.39, 0.29) is 5.41 Å². The quantitative estimate of drug-likeness (QED) is 0.762. The second-order valence-electron chi connectivity index (χ2n) is 9.82. The van der Waals surface area contributed by atoms with Crippen LogP contribution in [0.1, 0.15) is 55.6 Å². The van der Waals surface area contributed by atoms with E-state index in [9.17, 15) is 4.79 Å². The molecule has 1 amide bonds. The summed E-state index contributed by atoms with van der Waals surface area (Å²) >= 11 is 0. The number of benzene rings is 1. The van der Waals surface area contributed by atoms with Crippen molar-refractivity contribution in [3.8, 4) is 0 Å². The number of hydrogen-bond donors (Lipinski definition) is 0. The lowest BCUT2D eigenvalue weighted by molar-refractivity contribution is -0.135. The van der Waals surface area contributed by atoms with E-state index in [2.05, 4.69) is 29.2 Å². The van der Waals surface area contributed by atoms with Gasteiger partial charge >= 0.3 is 0 Å². The van der Waals surface area contributed by atoms with Gasteiger partial charge in [-0.3, -0.25) is 4.79 Å². The maximum absolute atomic E-state index is 13.0. The molecule has 1 spiro atoms. The molecule has 5 heteroatoms. The number of hydrogen-bond acceptors (Lipinski definition) is 4. The van der Waals surface area contributed by atoms with Crippen molar-refractivity contribution in [1.82, 2.24) is 9.80 Å². The number of morpholine rings is 1. The molecule has 3 aliphatic heterocycles. The minimum atomic E-state index is 0.277. The highest BCUT2D eigenvalue weighted by Gasteiger charge is 2.46. The fourth-order valence-corrected chi connectivity index (χ4v) is 6.29. The molecule has 0 N–H and O–H groups in total. The number of nitrogens with zero attached hydrogens (tertiary/aromatic N) is 2. The van der Waals surface area contributed by atoms with Crippen LogP contribution in [0, 0.1) is 5.92 Å². The second-order valence-corrected chi connectivity index (χ2v) is 9.82. The monoisotopic (exact) mass is 412 g/mol. The normalized spacial score (nSPS) is 27.3. The molecule has 5 rings (SSSR count). The van der Waals surface area contributed by atoms with Crippen LogP contribution in [-0.4, -0.2) is 74.9 Å². The number of fused-ring (bicyclic) bond motifs is 2. The zero-order chi connectivity index (χ0) is 20.4. The third-order valence-electron chi connectivity index (χ3n) is 8.06. The van der Waals surface area contributed by atoms with Crippen LogP contribution in [0.3, 0.4) is 0 Å². The summed E-state index contributed by atoms with van der Waals surface area (Å²) in [5, 5.41) is 0. The molecule has 4 aliphatic rings. The Balaban J connectivity index is 1.24. The lowest BCUT2D eigenvalue weighted by atomic mass is 9.73. The van der Waals surface area contributed by atoms with Gasteiger partial charge in [-0.05, 0) is 73.6 Å². The van der Waals surface area contributed by atoms with Gasteiger partial charge in [-0.15, -0.1) is 0 Å². The summed E-state index contributed by atoms with van der Waals surface area (Å²) in [5.41, 5.74) is 3.26. The second kappa shape index (κ2) is 8.97. The molecule has 1 aliphatic carbocycles. The van der Waals surface area contributed by atoms with Gasteiger partial charge in [0.05, 0.1) is 13.2 Å². The predicted molar refractivity (Wildman–Crippen MR) is 117 cm³/mol. The Morgan fingerprint density at radius 1 is 0.967 bits per heavy atom. The molecule has 0 radical (unpaired) electrons. The Hall–Kier alpha value is -1.43. The zero-order valence-electron chi connectivity index (χ0n) is 18.2. The summed E-state index contributed by atoms with van der Waals surface area (Å²) in [4.78, 5) is 17.7. The molecule has 164 valence electrons. The van der Waals surface area contributed by atoms with Crippen LogP contribution in [0.2, 0.25) is 0 Å². The van der Waals surface area contributed by atoms with Crippen LogP contribution in [0.5, 0.6) is 0 Å². The standard InChI is InChI=1S/C25H36N2O3/c28-24(27-11-15-30-16-12-27)17-21-18-25(23-4-2-1-3-22(21)23)7-9-26(10-8-25)19-20-5-13-29-14-6-20/h1-4,20-21H,5-19H2. The first kappa shape index (κ1) is 20.5. The minimum Gasteiger partial charge on any atom is -0.381 e. The molecular formula is C25H36N2O3. The first-order valence-electron chi connectivity index (χ1n) is 12.0.